The first-order valence-corrected chi connectivity index (χ1v) is 18.5. The molecule has 2 amide bonds. The summed E-state index contributed by atoms with van der Waals surface area (Å²) in [7, 11) is 2.13. The zero-order valence-corrected chi connectivity index (χ0v) is 28.8. The summed E-state index contributed by atoms with van der Waals surface area (Å²) in [5, 5.41) is 6.04. The van der Waals surface area contributed by atoms with E-state index in [1.54, 1.807) is 0 Å². The minimum atomic E-state index is -1.28. The number of fused-ring (bicyclic) bond motifs is 3. The average Bonchev–Trinajstić information content (AvgIpc) is 3.64. The number of alkyl carbamates (subject to hydrolysis) is 1. The Labute approximate surface area is 279 Å². The Balaban J connectivity index is 1.12. The first-order valence-electron chi connectivity index (χ1n) is 18.5. The third-order valence-electron chi connectivity index (χ3n) is 12.5. The zero-order chi connectivity index (χ0) is 33.0. The van der Waals surface area contributed by atoms with Crippen LogP contribution >= 0.6 is 0 Å². The van der Waals surface area contributed by atoms with Gasteiger partial charge in [0.2, 0.25) is 0 Å². The number of nitrogens with zero attached hydrogens (tertiary/aromatic N) is 3. The summed E-state index contributed by atoms with van der Waals surface area (Å²) in [5.41, 5.74) is -0.411. The number of alkyl halides is 1. The summed E-state index contributed by atoms with van der Waals surface area (Å²) in [6.07, 6.45) is 10.4. The normalized spacial score (nSPS) is 40.6. The standard InChI is InChI=1S/C36H56FN5O5/c1-36(2,3)47-35(45)39-23-12-15-41(19-23)31-27(37)18-25-30-33(31)46-29-17-22-9-6-5-8-21(22)16-28(29)42(30)20-26(32(25)43)34(44)38-13-11-24-10-7-14-40(24)4/h20-25,27-31,33H,5-19H2,1-4H3,(H,38,44)(H,39,45). The van der Waals surface area contributed by atoms with Crippen LogP contribution in [0, 0.1) is 17.8 Å². The highest BCUT2D eigenvalue weighted by molar-refractivity contribution is 6.20. The van der Waals surface area contributed by atoms with Crippen LogP contribution in [0.25, 0.3) is 0 Å². The predicted octanol–water partition coefficient (Wildman–Crippen LogP) is 3.79. The molecule has 0 radical (unpaired) electrons. The summed E-state index contributed by atoms with van der Waals surface area (Å²) >= 11 is 0. The number of carbonyl (C=O) groups excluding carboxylic acids is 3. The third kappa shape index (κ3) is 6.70. The summed E-state index contributed by atoms with van der Waals surface area (Å²) in [4.78, 5) is 47.0. The Morgan fingerprint density at radius 3 is 2.51 bits per heavy atom. The summed E-state index contributed by atoms with van der Waals surface area (Å²) in [6.45, 7) is 8.26. The molecule has 3 saturated carbocycles. The van der Waals surface area contributed by atoms with Gasteiger partial charge in [0.05, 0.1) is 35.9 Å². The van der Waals surface area contributed by atoms with E-state index in [0.29, 0.717) is 43.9 Å². The number of morpholine rings is 1. The van der Waals surface area contributed by atoms with Crippen molar-refractivity contribution in [3.05, 3.63) is 11.8 Å². The maximum atomic E-state index is 16.5. The van der Waals surface area contributed by atoms with Gasteiger partial charge in [0.25, 0.3) is 5.91 Å². The second-order valence-electron chi connectivity index (χ2n) is 16.6. The first-order chi connectivity index (χ1) is 22.5. The lowest BCUT2D eigenvalue weighted by Crippen LogP contribution is -2.73. The van der Waals surface area contributed by atoms with Crippen LogP contribution in [0.2, 0.25) is 0 Å². The molecule has 4 aliphatic heterocycles. The Bertz CT molecular complexity index is 1240. The monoisotopic (exact) mass is 657 g/mol. The molecule has 262 valence electrons. The Hall–Kier alpha value is -2.24. The van der Waals surface area contributed by atoms with Crippen LogP contribution in [-0.4, -0.2) is 120 Å². The number of rotatable bonds is 6. The first kappa shape index (κ1) is 33.3. The third-order valence-corrected chi connectivity index (χ3v) is 12.5. The minimum absolute atomic E-state index is 0.0611. The highest BCUT2D eigenvalue weighted by Gasteiger charge is 2.61. The fourth-order valence-electron chi connectivity index (χ4n) is 10.3. The molecule has 4 heterocycles. The molecular formula is C36H56FN5O5. The van der Waals surface area contributed by atoms with Crippen LogP contribution < -0.4 is 10.6 Å². The van der Waals surface area contributed by atoms with Gasteiger partial charge in [-0.05, 0) is 91.1 Å². The van der Waals surface area contributed by atoms with Gasteiger partial charge in [-0.25, -0.2) is 9.18 Å². The van der Waals surface area contributed by atoms with Gasteiger partial charge in [0.1, 0.15) is 11.8 Å². The van der Waals surface area contributed by atoms with Crippen molar-refractivity contribution in [1.29, 1.82) is 0 Å². The smallest absolute Gasteiger partial charge is 0.407 e. The molecule has 3 aliphatic carbocycles. The number of likely N-dealkylation sites (tertiary alicyclic amines) is 2. The quantitative estimate of drug-likeness (QED) is 0.417. The number of nitrogens with one attached hydrogen (secondary N) is 2. The van der Waals surface area contributed by atoms with Gasteiger partial charge >= 0.3 is 6.09 Å². The van der Waals surface area contributed by atoms with Crippen LogP contribution in [0.3, 0.4) is 0 Å². The van der Waals surface area contributed by atoms with Crippen LogP contribution in [-0.2, 0) is 19.1 Å². The van der Waals surface area contributed by atoms with Gasteiger partial charge in [-0.2, -0.15) is 0 Å². The molecule has 6 fully saturated rings. The fourth-order valence-corrected chi connectivity index (χ4v) is 10.3. The molecule has 7 aliphatic rings. The zero-order valence-electron chi connectivity index (χ0n) is 28.8. The van der Waals surface area contributed by atoms with E-state index in [2.05, 4.69) is 32.4 Å². The summed E-state index contributed by atoms with van der Waals surface area (Å²) < 4.78 is 29.0. The van der Waals surface area contributed by atoms with Crippen molar-refractivity contribution in [2.24, 2.45) is 17.8 Å². The highest BCUT2D eigenvalue weighted by Crippen LogP contribution is 2.51. The van der Waals surface area contributed by atoms with Crippen molar-refractivity contribution >= 4 is 17.8 Å². The molecule has 2 N–H and O–H groups in total. The van der Waals surface area contributed by atoms with E-state index in [1.807, 2.05) is 27.0 Å². The van der Waals surface area contributed by atoms with Crippen molar-refractivity contribution in [2.45, 2.75) is 146 Å². The van der Waals surface area contributed by atoms with Crippen LogP contribution in [0.1, 0.15) is 91.4 Å². The number of hydrogen-bond donors (Lipinski definition) is 2. The van der Waals surface area contributed by atoms with Crippen molar-refractivity contribution in [3.63, 3.8) is 0 Å². The van der Waals surface area contributed by atoms with E-state index in [4.69, 9.17) is 9.47 Å². The van der Waals surface area contributed by atoms with E-state index in [-0.39, 0.29) is 47.9 Å². The van der Waals surface area contributed by atoms with Crippen molar-refractivity contribution in [1.82, 2.24) is 25.3 Å². The summed E-state index contributed by atoms with van der Waals surface area (Å²) in [5.74, 6) is 0.0464. The SMILES string of the molecule is CN1CCCC1CCNC(=O)C1=CN2C3CC4CCCCC4CC3OC3C(N4CCC(NC(=O)OC(C)(C)C)C4)C(F)CC(C1=O)C32. The van der Waals surface area contributed by atoms with Gasteiger partial charge < -0.3 is 29.9 Å². The molecule has 0 bridgehead atoms. The number of Topliss-reactive ketones (excluding diaryl/α,β-unsaturated/α-hetero) is 1. The summed E-state index contributed by atoms with van der Waals surface area (Å²) in [6, 6.07) is -0.434. The maximum Gasteiger partial charge on any atom is 0.407 e. The molecule has 11 heteroatoms. The van der Waals surface area contributed by atoms with Crippen molar-refractivity contribution < 1.29 is 28.2 Å². The lowest BCUT2D eigenvalue weighted by Gasteiger charge is -2.61. The van der Waals surface area contributed by atoms with Crippen LogP contribution in [0.5, 0.6) is 0 Å². The molecule has 3 saturated heterocycles. The molecule has 0 spiro atoms. The number of carbonyl (C=O) groups is 3. The fraction of sp³-hybridized carbons (Fsp3) is 0.861. The Morgan fingerprint density at radius 1 is 1.02 bits per heavy atom. The van der Waals surface area contributed by atoms with E-state index >= 15 is 4.39 Å². The average molecular weight is 658 g/mol. The second kappa shape index (κ2) is 13.2. The number of hydrogen-bond acceptors (Lipinski definition) is 8. The van der Waals surface area contributed by atoms with E-state index in [0.717, 1.165) is 32.2 Å². The topological polar surface area (TPSA) is 103 Å². The predicted molar refractivity (Wildman–Crippen MR) is 175 cm³/mol. The Morgan fingerprint density at radius 2 is 1.79 bits per heavy atom. The Kier molecular flexibility index (Phi) is 9.37. The molecule has 10 nitrogen and oxygen atoms in total. The lowest BCUT2D eigenvalue weighted by molar-refractivity contribution is -0.219. The van der Waals surface area contributed by atoms with Crippen molar-refractivity contribution in [3.8, 4) is 0 Å². The van der Waals surface area contributed by atoms with E-state index in [9.17, 15) is 14.4 Å². The van der Waals surface area contributed by atoms with Gasteiger partial charge in [0.15, 0.2) is 5.78 Å². The van der Waals surface area contributed by atoms with Gasteiger partial charge in [-0.15, -0.1) is 0 Å². The molecule has 7 rings (SSSR count). The number of amides is 2. The number of ketones is 1. The van der Waals surface area contributed by atoms with Gasteiger partial charge in [-0.1, -0.05) is 25.7 Å². The highest BCUT2D eigenvalue weighted by atomic mass is 19.1. The molecule has 0 aromatic rings. The van der Waals surface area contributed by atoms with Gasteiger partial charge in [0, 0.05) is 43.8 Å². The largest absolute Gasteiger partial charge is 0.444 e. The number of halogens is 1. The number of ether oxygens (including phenoxy) is 2. The van der Waals surface area contributed by atoms with Gasteiger partial charge in [-0.3, -0.25) is 14.5 Å². The van der Waals surface area contributed by atoms with Crippen LogP contribution in [0.15, 0.2) is 11.8 Å². The maximum absolute atomic E-state index is 16.5. The molecule has 47 heavy (non-hydrogen) atoms. The van der Waals surface area contributed by atoms with E-state index < -0.39 is 35.9 Å². The molecular weight excluding hydrogens is 601 g/mol. The molecule has 11 unspecified atom stereocenters. The minimum Gasteiger partial charge on any atom is -0.444 e. The molecule has 0 aromatic heterocycles. The van der Waals surface area contributed by atoms with Crippen LogP contribution in [0.4, 0.5) is 9.18 Å². The molecule has 0 aromatic carbocycles. The van der Waals surface area contributed by atoms with Crippen molar-refractivity contribution in [2.75, 3.05) is 33.2 Å². The molecule has 11 atom stereocenters. The second-order valence-corrected chi connectivity index (χ2v) is 16.6. The van der Waals surface area contributed by atoms with E-state index in [1.165, 1.54) is 32.1 Å². The lowest BCUT2D eigenvalue weighted by atomic mass is 9.64.